The van der Waals surface area contributed by atoms with E-state index in [0.717, 1.165) is 5.56 Å². The van der Waals surface area contributed by atoms with E-state index < -0.39 is 65.5 Å². The molecule has 0 radical (unpaired) electrons. The maximum Gasteiger partial charge on any atom is 0.316 e. The molecule has 0 aliphatic carbocycles. The molecule has 16 nitrogen and oxygen atoms in total. The van der Waals surface area contributed by atoms with Crippen LogP contribution in [0.2, 0.25) is 0 Å². The van der Waals surface area contributed by atoms with Crippen LogP contribution < -0.4 is 0 Å². The molecule has 0 amide bonds. The molecule has 6 rings (SSSR count). The summed E-state index contributed by atoms with van der Waals surface area (Å²) < 4.78 is 34.3. The third-order valence-electron chi connectivity index (χ3n) is 12.2. The van der Waals surface area contributed by atoms with Crippen molar-refractivity contribution in [2.45, 2.75) is 141 Å². The van der Waals surface area contributed by atoms with Crippen LogP contribution in [0.15, 0.2) is 41.9 Å². The van der Waals surface area contributed by atoms with Gasteiger partial charge < -0.3 is 48.5 Å². The van der Waals surface area contributed by atoms with Crippen LogP contribution in [0.3, 0.4) is 0 Å². The first kappa shape index (κ1) is 45.7. The van der Waals surface area contributed by atoms with E-state index in [0.29, 0.717) is 30.9 Å². The largest absolute Gasteiger partial charge is 0.459 e. The molecule has 58 heavy (non-hydrogen) atoms. The molecule has 0 aromatic carbocycles. The Hall–Kier alpha value is -3.35. The molecule has 4 fully saturated rings. The third kappa shape index (κ3) is 10.5. The van der Waals surface area contributed by atoms with E-state index in [-0.39, 0.29) is 50.3 Å². The molecular formula is C42H66N6O10. The zero-order valence-corrected chi connectivity index (χ0v) is 36.1. The van der Waals surface area contributed by atoms with Gasteiger partial charge in [0.05, 0.1) is 37.1 Å². The fourth-order valence-electron chi connectivity index (χ4n) is 8.70. The molecule has 13 atom stereocenters. The first-order valence-corrected chi connectivity index (χ1v) is 20.6. The van der Waals surface area contributed by atoms with Crippen molar-refractivity contribution in [2.24, 2.45) is 22.9 Å². The van der Waals surface area contributed by atoms with Crippen LogP contribution in [0, 0.1) is 17.8 Å². The molecule has 2 aromatic rings. The van der Waals surface area contributed by atoms with Crippen LogP contribution in [0.5, 0.6) is 0 Å². The average Bonchev–Trinajstić information content (AvgIpc) is 3.72. The van der Waals surface area contributed by atoms with Gasteiger partial charge in [0.2, 0.25) is 0 Å². The maximum atomic E-state index is 14.5. The number of rotatable bonds is 8. The van der Waals surface area contributed by atoms with Gasteiger partial charge in [-0.2, -0.15) is 5.10 Å². The van der Waals surface area contributed by atoms with E-state index in [1.165, 1.54) is 6.92 Å². The zero-order valence-electron chi connectivity index (χ0n) is 36.1. The first-order valence-electron chi connectivity index (χ1n) is 20.6. The number of aromatic nitrogens is 3. The van der Waals surface area contributed by atoms with Crippen molar-refractivity contribution in [3.63, 3.8) is 0 Å². The summed E-state index contributed by atoms with van der Waals surface area (Å²) in [6, 6.07) is 5.11. The number of carbonyl (C=O) groups is 2. The lowest BCUT2D eigenvalue weighted by molar-refractivity contribution is -0.296. The summed E-state index contributed by atoms with van der Waals surface area (Å²) in [5.74, 6) is -2.95. The van der Waals surface area contributed by atoms with Crippen LogP contribution >= 0.6 is 0 Å². The Bertz CT molecular complexity index is 1670. The van der Waals surface area contributed by atoms with Crippen molar-refractivity contribution in [1.29, 1.82) is 0 Å². The van der Waals surface area contributed by atoms with Gasteiger partial charge in [0.1, 0.15) is 36.0 Å². The van der Waals surface area contributed by atoms with E-state index in [2.05, 4.69) is 27.1 Å². The van der Waals surface area contributed by atoms with Crippen LogP contribution in [0.25, 0.3) is 5.82 Å². The molecule has 4 aliphatic rings. The average molecular weight is 815 g/mol. The van der Waals surface area contributed by atoms with E-state index >= 15 is 0 Å². The lowest BCUT2D eigenvalue weighted by Crippen LogP contribution is -2.60. The minimum Gasteiger partial charge on any atom is -0.459 e. The van der Waals surface area contributed by atoms with Crippen LogP contribution in [0.4, 0.5) is 0 Å². The quantitative estimate of drug-likeness (QED) is 0.225. The van der Waals surface area contributed by atoms with Gasteiger partial charge in [-0.05, 0) is 93.1 Å². The van der Waals surface area contributed by atoms with Gasteiger partial charge in [-0.3, -0.25) is 9.59 Å². The fourth-order valence-corrected chi connectivity index (χ4v) is 8.70. The van der Waals surface area contributed by atoms with Gasteiger partial charge in [0, 0.05) is 48.7 Å². The second kappa shape index (κ2) is 19.4. The predicted molar refractivity (Wildman–Crippen MR) is 215 cm³/mol. The number of fused-ring (bicyclic) bond motifs is 15. The van der Waals surface area contributed by atoms with E-state index in [4.69, 9.17) is 28.5 Å². The van der Waals surface area contributed by atoms with Crippen molar-refractivity contribution in [2.75, 3.05) is 40.9 Å². The molecule has 0 spiro atoms. The normalized spacial score (nSPS) is 38.4. The van der Waals surface area contributed by atoms with Gasteiger partial charge in [-0.25, -0.2) is 9.67 Å². The fraction of sp³-hybridized carbons (Fsp3) is 0.738. The Morgan fingerprint density at radius 2 is 1.84 bits per heavy atom. The van der Waals surface area contributed by atoms with Crippen LogP contribution in [-0.4, -0.2) is 153 Å². The summed E-state index contributed by atoms with van der Waals surface area (Å²) >= 11 is 0. The molecule has 4 saturated heterocycles. The second-order valence-electron chi connectivity index (χ2n) is 17.3. The number of carbonyl (C=O) groups excluding carboxylic acids is 2. The van der Waals surface area contributed by atoms with Crippen molar-refractivity contribution < 1.29 is 48.3 Å². The SMILES string of the molecule is CC[C@H]1OC(=O)[C@H](C)C(=O)[C@H](C)[C@@H](O[C@@H]2O[C@H](C)C[C@H](N(C)C)[C@H]2O)[C@@]2(C)C[C@@H](C)N(C)C[C@H](C)[C@@H](OC/C(=N\OCc3ccc(-n4cccn4)nc3)CO2)[C@]1(C)O. The third-order valence-corrected chi connectivity index (χ3v) is 12.2. The van der Waals surface area contributed by atoms with Crippen LogP contribution in [-0.2, 0) is 44.7 Å². The number of aliphatic hydroxyl groups excluding tert-OH is 1. The monoisotopic (exact) mass is 814 g/mol. The first-order chi connectivity index (χ1) is 27.4. The van der Waals surface area contributed by atoms with E-state index in [1.54, 1.807) is 30.9 Å². The lowest BCUT2D eigenvalue weighted by atomic mass is 9.79. The van der Waals surface area contributed by atoms with E-state index in [1.807, 2.05) is 78.1 Å². The second-order valence-corrected chi connectivity index (χ2v) is 17.3. The number of oxime groups is 1. The smallest absolute Gasteiger partial charge is 0.316 e. The summed E-state index contributed by atoms with van der Waals surface area (Å²) in [6.45, 7) is 14.9. The number of hydrogen-bond acceptors (Lipinski definition) is 15. The molecule has 2 aromatic heterocycles. The summed E-state index contributed by atoms with van der Waals surface area (Å²) in [6.07, 6.45) is 1.12. The standard InChI is InChI=1S/C42H66N6O10/c1-12-33-42(8,52)37-25(2)21-47(11)26(3)19-41(7,54-24-31(23-53-37)45-55-22-30-14-15-34(43-20-30)48-17-13-16-44-48)38(28(5)35(49)29(6)39(51)57-33)58-40-36(50)32(46(9)10)18-27(4)56-40/h13-17,20,25-29,32-33,36-38,40,50,52H,12,18-19,21-24H2,1-11H3/b45-31+/t25-,26+,27+,28-,29+,32-,33+,36+,37+,38+,40-,41+,42+/m0/s1. The number of aliphatic hydroxyl groups is 2. The van der Waals surface area contributed by atoms with Crippen molar-refractivity contribution in [3.8, 4) is 5.82 Å². The minimum atomic E-state index is -1.67. The van der Waals surface area contributed by atoms with Crippen molar-refractivity contribution in [1.82, 2.24) is 24.6 Å². The van der Waals surface area contributed by atoms with Crippen molar-refractivity contribution in [3.05, 3.63) is 42.4 Å². The highest BCUT2D eigenvalue weighted by Crippen LogP contribution is 2.38. The highest BCUT2D eigenvalue weighted by atomic mass is 16.7. The van der Waals surface area contributed by atoms with Gasteiger partial charge in [0.25, 0.3) is 0 Å². The zero-order chi connectivity index (χ0) is 42.5. The molecule has 16 heteroatoms. The number of Topliss-reactive ketones (excluding diaryl/α,β-unsaturated/α-hetero) is 1. The summed E-state index contributed by atoms with van der Waals surface area (Å²) in [7, 11) is 5.78. The Kier molecular flexibility index (Phi) is 15.3. The van der Waals surface area contributed by atoms with Gasteiger partial charge in [-0.1, -0.05) is 32.0 Å². The number of likely N-dealkylation sites (N-methyl/N-ethyl adjacent to an activating group) is 1. The highest BCUT2D eigenvalue weighted by molar-refractivity contribution is 6.00. The number of hydrogen-bond donors (Lipinski definition) is 2. The van der Waals surface area contributed by atoms with Gasteiger partial charge >= 0.3 is 5.97 Å². The summed E-state index contributed by atoms with van der Waals surface area (Å²) in [5.41, 5.74) is -1.75. The Morgan fingerprint density at radius 3 is 2.48 bits per heavy atom. The molecule has 2 N–H and O–H groups in total. The Labute approximate surface area is 343 Å². The molecule has 4 aliphatic heterocycles. The Balaban J connectivity index is 1.58. The minimum absolute atomic E-state index is 0.0930. The van der Waals surface area contributed by atoms with Gasteiger partial charge in [0.15, 0.2) is 17.9 Å². The van der Waals surface area contributed by atoms with Gasteiger partial charge in [-0.15, -0.1) is 0 Å². The number of ketones is 1. The Morgan fingerprint density at radius 1 is 1.10 bits per heavy atom. The number of pyridine rings is 1. The number of esters is 1. The van der Waals surface area contributed by atoms with E-state index in [9.17, 15) is 19.8 Å². The topological polar surface area (TPSA) is 180 Å². The summed E-state index contributed by atoms with van der Waals surface area (Å²) in [4.78, 5) is 42.8. The molecular weight excluding hydrogens is 748 g/mol. The number of nitrogens with zero attached hydrogens (tertiary/aromatic N) is 6. The van der Waals surface area contributed by atoms with Crippen LogP contribution in [0.1, 0.15) is 80.2 Å². The summed E-state index contributed by atoms with van der Waals surface area (Å²) in [5, 5.41) is 32.7. The lowest BCUT2D eigenvalue weighted by Gasteiger charge is -2.48. The predicted octanol–water partition coefficient (Wildman–Crippen LogP) is 3.40. The molecule has 6 heterocycles. The molecule has 324 valence electrons. The molecule has 0 unspecified atom stereocenters. The van der Waals surface area contributed by atoms with Crippen molar-refractivity contribution >= 4 is 17.5 Å². The molecule has 2 bridgehead atoms. The maximum absolute atomic E-state index is 14.5. The number of ether oxygens (including phenoxy) is 5. The highest BCUT2D eigenvalue weighted by Gasteiger charge is 2.51. The molecule has 0 saturated carbocycles.